The van der Waals surface area contributed by atoms with Gasteiger partial charge in [-0.25, -0.2) is 0 Å². The topological polar surface area (TPSA) is 110 Å². The third kappa shape index (κ3) is 3.99. The Bertz CT molecular complexity index is 130. The first-order chi connectivity index (χ1) is 6.04. The molecular weight excluding hydrogens is 180 g/mol. The molecule has 0 aliphatic heterocycles. The number of aliphatic hydroxyl groups is 5. The van der Waals surface area contributed by atoms with Crippen molar-refractivity contribution in [3.8, 4) is 0 Å². The van der Waals surface area contributed by atoms with Crippen molar-refractivity contribution < 1.29 is 30.3 Å². The second-order valence-corrected chi connectivity index (χ2v) is 2.69. The zero-order valence-corrected chi connectivity index (χ0v) is 7.37. The Morgan fingerprint density at radius 1 is 1.08 bits per heavy atom. The van der Waals surface area contributed by atoms with E-state index in [0.717, 1.165) is 7.11 Å². The predicted octanol–water partition coefficient (Wildman–Crippen LogP) is -2.58. The van der Waals surface area contributed by atoms with Crippen molar-refractivity contribution >= 4 is 0 Å². The van der Waals surface area contributed by atoms with Gasteiger partial charge in [-0.1, -0.05) is 0 Å². The van der Waals surface area contributed by atoms with Gasteiger partial charge in [-0.15, -0.1) is 0 Å². The first-order valence-corrected chi connectivity index (χ1v) is 3.90. The van der Waals surface area contributed by atoms with Gasteiger partial charge in [0, 0.05) is 13.7 Å². The molecule has 4 atom stereocenters. The van der Waals surface area contributed by atoms with Crippen LogP contribution in [0.2, 0.25) is 0 Å². The molecule has 80 valence electrons. The average Bonchev–Trinajstić information content (AvgIpc) is 2.14. The van der Waals surface area contributed by atoms with E-state index in [1.165, 1.54) is 0 Å². The minimum absolute atomic E-state index is 0.0747. The molecule has 0 aliphatic rings. The van der Waals surface area contributed by atoms with Crippen LogP contribution in [0.25, 0.3) is 0 Å². The Hall–Kier alpha value is -0.240. The summed E-state index contributed by atoms with van der Waals surface area (Å²) in [6.07, 6.45) is -6.05. The number of hydrogen-bond acceptors (Lipinski definition) is 6. The molecule has 2 unspecified atom stereocenters. The molecule has 0 saturated carbocycles. The van der Waals surface area contributed by atoms with Crippen LogP contribution in [0.1, 0.15) is 6.42 Å². The van der Waals surface area contributed by atoms with E-state index in [4.69, 9.17) is 25.5 Å². The van der Waals surface area contributed by atoms with E-state index < -0.39 is 24.6 Å². The van der Waals surface area contributed by atoms with Crippen molar-refractivity contribution in [3.63, 3.8) is 0 Å². The summed E-state index contributed by atoms with van der Waals surface area (Å²) in [6, 6.07) is 0. The van der Waals surface area contributed by atoms with Gasteiger partial charge in [0.05, 0.1) is 6.10 Å². The lowest BCUT2D eigenvalue weighted by Crippen LogP contribution is -2.45. The zero-order valence-electron chi connectivity index (χ0n) is 7.37. The Balaban J connectivity index is 3.99. The average molecular weight is 196 g/mol. The van der Waals surface area contributed by atoms with Crippen molar-refractivity contribution in [2.45, 2.75) is 31.0 Å². The van der Waals surface area contributed by atoms with Crippen LogP contribution in [-0.2, 0) is 4.74 Å². The summed E-state index contributed by atoms with van der Waals surface area (Å²) < 4.78 is 4.33. The smallest absolute Gasteiger partial charge is 0.183 e. The van der Waals surface area contributed by atoms with E-state index in [9.17, 15) is 0 Å². The highest BCUT2D eigenvalue weighted by Crippen LogP contribution is 2.07. The summed E-state index contributed by atoms with van der Waals surface area (Å²) in [7, 11) is 1.15. The first kappa shape index (κ1) is 12.8. The van der Waals surface area contributed by atoms with Gasteiger partial charge in [-0.3, -0.25) is 0 Å². The second kappa shape index (κ2) is 6.25. The Morgan fingerprint density at radius 2 is 1.62 bits per heavy atom. The molecule has 0 spiro atoms. The molecule has 0 aliphatic carbocycles. The van der Waals surface area contributed by atoms with Crippen LogP contribution >= 0.6 is 0 Å². The SMILES string of the molecule is COC(O)[C@@H](O)C(O)[C@H](O)CCO. The zero-order chi connectivity index (χ0) is 10.4. The maximum atomic E-state index is 9.17. The van der Waals surface area contributed by atoms with E-state index >= 15 is 0 Å². The monoisotopic (exact) mass is 196 g/mol. The lowest BCUT2D eigenvalue weighted by atomic mass is 10.1. The van der Waals surface area contributed by atoms with Gasteiger partial charge < -0.3 is 30.3 Å². The molecule has 13 heavy (non-hydrogen) atoms. The highest BCUT2D eigenvalue weighted by Gasteiger charge is 2.29. The van der Waals surface area contributed by atoms with Crippen LogP contribution in [0, 0.1) is 0 Å². The van der Waals surface area contributed by atoms with Crippen molar-refractivity contribution in [2.75, 3.05) is 13.7 Å². The van der Waals surface area contributed by atoms with Gasteiger partial charge in [0.15, 0.2) is 6.29 Å². The van der Waals surface area contributed by atoms with Crippen LogP contribution in [0.5, 0.6) is 0 Å². The lowest BCUT2D eigenvalue weighted by molar-refractivity contribution is -0.191. The number of aliphatic hydroxyl groups excluding tert-OH is 5. The van der Waals surface area contributed by atoms with E-state index in [-0.39, 0.29) is 13.0 Å². The molecule has 6 nitrogen and oxygen atoms in total. The molecule has 5 N–H and O–H groups in total. The van der Waals surface area contributed by atoms with Crippen molar-refractivity contribution in [1.29, 1.82) is 0 Å². The van der Waals surface area contributed by atoms with Crippen LogP contribution in [-0.4, -0.2) is 63.9 Å². The number of rotatable bonds is 6. The molecule has 6 heteroatoms. The molecule has 0 aromatic rings. The van der Waals surface area contributed by atoms with Gasteiger partial charge in [0.25, 0.3) is 0 Å². The molecule has 0 fully saturated rings. The van der Waals surface area contributed by atoms with Gasteiger partial charge in [-0.2, -0.15) is 0 Å². The van der Waals surface area contributed by atoms with Gasteiger partial charge in [-0.05, 0) is 6.42 Å². The summed E-state index contributed by atoms with van der Waals surface area (Å²) >= 11 is 0. The minimum Gasteiger partial charge on any atom is -0.396 e. The molecule has 0 rings (SSSR count). The summed E-state index contributed by atoms with van der Waals surface area (Å²) in [6.45, 7) is -0.311. The molecule has 0 heterocycles. The normalized spacial score (nSPS) is 20.8. The summed E-state index contributed by atoms with van der Waals surface area (Å²) in [5.74, 6) is 0. The fourth-order valence-electron chi connectivity index (χ4n) is 0.839. The number of ether oxygens (including phenoxy) is 1. The summed E-state index contributed by atoms with van der Waals surface area (Å²) in [4.78, 5) is 0. The molecule has 0 aromatic carbocycles. The second-order valence-electron chi connectivity index (χ2n) is 2.69. The van der Waals surface area contributed by atoms with Crippen LogP contribution in [0.15, 0.2) is 0 Å². The van der Waals surface area contributed by atoms with Crippen molar-refractivity contribution in [2.24, 2.45) is 0 Å². The fraction of sp³-hybridized carbons (Fsp3) is 1.00. The van der Waals surface area contributed by atoms with Crippen molar-refractivity contribution in [3.05, 3.63) is 0 Å². The van der Waals surface area contributed by atoms with Crippen LogP contribution < -0.4 is 0 Å². The molecule has 0 bridgehead atoms. The molecular formula is C7H16O6. The summed E-state index contributed by atoms with van der Waals surface area (Å²) in [5.41, 5.74) is 0. The number of hydrogen-bond donors (Lipinski definition) is 5. The maximum absolute atomic E-state index is 9.17. The third-order valence-electron chi connectivity index (χ3n) is 1.70. The first-order valence-electron chi connectivity index (χ1n) is 3.90. The van der Waals surface area contributed by atoms with E-state index in [1.807, 2.05) is 0 Å². The minimum atomic E-state index is -1.59. The van der Waals surface area contributed by atoms with Crippen LogP contribution in [0.4, 0.5) is 0 Å². The highest BCUT2D eigenvalue weighted by atomic mass is 16.6. The van der Waals surface area contributed by atoms with E-state index in [2.05, 4.69) is 4.74 Å². The molecule has 0 amide bonds. The largest absolute Gasteiger partial charge is 0.396 e. The lowest BCUT2D eigenvalue weighted by Gasteiger charge is -2.25. The van der Waals surface area contributed by atoms with Gasteiger partial charge >= 0.3 is 0 Å². The predicted molar refractivity (Wildman–Crippen MR) is 42.7 cm³/mol. The Morgan fingerprint density at radius 3 is 2.00 bits per heavy atom. The third-order valence-corrected chi connectivity index (χ3v) is 1.70. The summed E-state index contributed by atoms with van der Waals surface area (Å²) in [5, 5.41) is 44.7. The highest BCUT2D eigenvalue weighted by molar-refractivity contribution is 4.76. The molecule has 0 radical (unpaired) electrons. The van der Waals surface area contributed by atoms with E-state index in [1.54, 1.807) is 0 Å². The van der Waals surface area contributed by atoms with Gasteiger partial charge in [0.2, 0.25) is 0 Å². The molecule has 0 saturated heterocycles. The Kier molecular flexibility index (Phi) is 6.13. The number of methoxy groups -OCH3 is 1. The maximum Gasteiger partial charge on any atom is 0.183 e. The fourth-order valence-corrected chi connectivity index (χ4v) is 0.839. The van der Waals surface area contributed by atoms with Crippen LogP contribution in [0.3, 0.4) is 0 Å². The van der Waals surface area contributed by atoms with Crippen molar-refractivity contribution in [1.82, 2.24) is 0 Å². The molecule has 0 aromatic heterocycles. The Labute approximate surface area is 76.0 Å². The quantitative estimate of drug-likeness (QED) is 0.298. The van der Waals surface area contributed by atoms with Gasteiger partial charge in [0.1, 0.15) is 12.2 Å². The standard InChI is InChI=1S/C7H16O6/c1-13-7(12)6(11)5(10)4(9)2-3-8/h4-12H,2-3H2,1H3/t4-,5?,6+,7?/m1/s1. The van der Waals surface area contributed by atoms with E-state index in [0.29, 0.717) is 0 Å².